The zero-order valence-corrected chi connectivity index (χ0v) is 18.5. The summed E-state index contributed by atoms with van der Waals surface area (Å²) < 4.78 is 16.7. The average molecular weight is 427 g/mol. The first-order valence-electron chi connectivity index (χ1n) is 9.79. The number of ketones is 1. The van der Waals surface area contributed by atoms with E-state index >= 15 is 0 Å². The first-order valence-corrected chi connectivity index (χ1v) is 10.8. The lowest BCUT2D eigenvalue weighted by molar-refractivity contribution is 0.102. The molecule has 0 aliphatic carbocycles. The summed E-state index contributed by atoms with van der Waals surface area (Å²) in [6.07, 6.45) is 0. The minimum Gasteiger partial charge on any atom is -0.494 e. The molecule has 1 aromatic heterocycles. The quantitative estimate of drug-likeness (QED) is 0.339. The highest BCUT2D eigenvalue weighted by Gasteiger charge is 2.14. The number of carbonyl (C=O) groups excluding carboxylic acids is 1. The van der Waals surface area contributed by atoms with Crippen molar-refractivity contribution < 1.29 is 18.7 Å². The van der Waals surface area contributed by atoms with Crippen LogP contribution in [-0.4, -0.2) is 28.3 Å². The highest BCUT2D eigenvalue weighted by Crippen LogP contribution is 2.25. The summed E-state index contributed by atoms with van der Waals surface area (Å²) in [4.78, 5) is 12.3. The van der Waals surface area contributed by atoms with Crippen LogP contribution in [0.4, 0.5) is 0 Å². The van der Waals surface area contributed by atoms with E-state index in [2.05, 4.69) is 43.1 Å². The van der Waals surface area contributed by atoms with Gasteiger partial charge in [0.15, 0.2) is 12.4 Å². The van der Waals surface area contributed by atoms with Gasteiger partial charge in [-0.15, -0.1) is 10.2 Å². The van der Waals surface area contributed by atoms with Crippen molar-refractivity contribution in [1.82, 2.24) is 10.2 Å². The summed E-state index contributed by atoms with van der Waals surface area (Å²) in [6.45, 7) is 9.19. The Balaban J connectivity index is 1.48. The first kappa shape index (κ1) is 21.9. The molecule has 0 bridgehead atoms. The van der Waals surface area contributed by atoms with Crippen molar-refractivity contribution in [3.8, 4) is 11.5 Å². The van der Waals surface area contributed by atoms with Crippen molar-refractivity contribution >= 4 is 17.5 Å². The smallest absolute Gasteiger partial charge is 0.277 e. The molecule has 3 rings (SSSR count). The maximum Gasteiger partial charge on any atom is 0.277 e. The molecule has 30 heavy (non-hydrogen) atoms. The Morgan fingerprint density at radius 3 is 2.23 bits per heavy atom. The van der Waals surface area contributed by atoms with Gasteiger partial charge in [0.1, 0.15) is 11.5 Å². The third kappa shape index (κ3) is 6.10. The molecule has 158 valence electrons. The lowest BCUT2D eigenvalue weighted by Crippen LogP contribution is -2.10. The highest BCUT2D eigenvalue weighted by atomic mass is 32.2. The Morgan fingerprint density at radius 1 is 0.967 bits per heavy atom. The number of ether oxygens (including phenoxy) is 2. The Labute approximate surface area is 181 Å². The van der Waals surface area contributed by atoms with Crippen molar-refractivity contribution in [2.45, 2.75) is 44.9 Å². The van der Waals surface area contributed by atoms with Gasteiger partial charge in [0, 0.05) is 5.56 Å². The van der Waals surface area contributed by atoms with Crippen molar-refractivity contribution in [3.05, 3.63) is 65.5 Å². The van der Waals surface area contributed by atoms with Gasteiger partial charge in [0.2, 0.25) is 0 Å². The van der Waals surface area contributed by atoms with Crippen molar-refractivity contribution in [2.24, 2.45) is 0 Å². The molecule has 0 spiro atoms. The van der Waals surface area contributed by atoms with Crippen LogP contribution in [-0.2, 0) is 12.0 Å². The van der Waals surface area contributed by atoms with E-state index in [1.807, 2.05) is 19.1 Å². The molecular weight excluding hydrogens is 400 g/mol. The second-order valence-electron chi connectivity index (χ2n) is 7.69. The van der Waals surface area contributed by atoms with E-state index in [4.69, 9.17) is 13.9 Å². The average Bonchev–Trinajstić information content (AvgIpc) is 3.19. The van der Waals surface area contributed by atoms with E-state index in [1.165, 1.54) is 17.3 Å². The molecule has 3 aromatic rings. The second-order valence-corrected chi connectivity index (χ2v) is 8.62. The van der Waals surface area contributed by atoms with Crippen LogP contribution < -0.4 is 9.47 Å². The third-order valence-corrected chi connectivity index (χ3v) is 5.16. The van der Waals surface area contributed by atoms with Crippen LogP contribution in [0.5, 0.6) is 11.5 Å². The van der Waals surface area contributed by atoms with E-state index in [9.17, 15) is 4.79 Å². The molecule has 1 heterocycles. The molecule has 0 amide bonds. The SMILES string of the molecule is CCOc1ccc(C(=O)CSc2nnc(COc3ccc(C(C)(C)C)cc3)o2)cc1. The number of Topliss-reactive ketones (excluding diaryl/α,β-unsaturated/α-hetero) is 1. The fraction of sp³-hybridized carbons (Fsp3) is 0.348. The molecule has 7 heteroatoms. The van der Waals surface area contributed by atoms with Gasteiger partial charge in [-0.05, 0) is 54.3 Å². The number of nitrogens with zero attached hydrogens (tertiary/aromatic N) is 2. The van der Waals surface area contributed by atoms with Crippen LogP contribution in [0.25, 0.3) is 0 Å². The number of aromatic nitrogens is 2. The fourth-order valence-corrected chi connectivity index (χ4v) is 3.34. The molecule has 0 aliphatic rings. The summed E-state index contributed by atoms with van der Waals surface area (Å²) in [5.74, 6) is 2.05. The van der Waals surface area contributed by atoms with Gasteiger partial charge >= 0.3 is 0 Å². The first-order chi connectivity index (χ1) is 14.3. The second kappa shape index (κ2) is 9.80. The topological polar surface area (TPSA) is 74.5 Å². The summed E-state index contributed by atoms with van der Waals surface area (Å²) >= 11 is 1.21. The van der Waals surface area contributed by atoms with E-state index in [1.54, 1.807) is 24.3 Å². The highest BCUT2D eigenvalue weighted by molar-refractivity contribution is 7.99. The number of rotatable bonds is 9. The number of hydrogen-bond acceptors (Lipinski definition) is 7. The van der Waals surface area contributed by atoms with Gasteiger partial charge in [-0.1, -0.05) is 44.7 Å². The van der Waals surface area contributed by atoms with Crippen molar-refractivity contribution in [3.63, 3.8) is 0 Å². The molecule has 0 radical (unpaired) electrons. The molecule has 0 N–H and O–H groups in total. The Hall–Kier alpha value is -2.80. The third-order valence-electron chi connectivity index (χ3n) is 4.34. The van der Waals surface area contributed by atoms with E-state index in [0.717, 1.165) is 11.5 Å². The molecule has 2 aromatic carbocycles. The number of carbonyl (C=O) groups is 1. The molecule has 0 saturated heterocycles. The lowest BCUT2D eigenvalue weighted by atomic mass is 9.87. The minimum atomic E-state index is -0.0158. The number of hydrogen-bond donors (Lipinski definition) is 0. The summed E-state index contributed by atoms with van der Waals surface area (Å²) in [5, 5.41) is 8.30. The Kier molecular flexibility index (Phi) is 7.15. The summed E-state index contributed by atoms with van der Waals surface area (Å²) in [6, 6.07) is 15.1. The van der Waals surface area contributed by atoms with Crippen molar-refractivity contribution in [1.29, 1.82) is 0 Å². The fourth-order valence-electron chi connectivity index (χ4n) is 2.67. The molecule has 0 saturated carbocycles. The zero-order valence-electron chi connectivity index (χ0n) is 17.7. The van der Waals surface area contributed by atoms with E-state index in [-0.39, 0.29) is 23.6 Å². The predicted molar refractivity (Wildman–Crippen MR) is 116 cm³/mol. The number of thioether (sulfide) groups is 1. The van der Waals surface area contributed by atoms with Gasteiger partial charge in [-0.2, -0.15) is 0 Å². The zero-order chi connectivity index (χ0) is 21.6. The van der Waals surface area contributed by atoms with Gasteiger partial charge in [0.05, 0.1) is 12.4 Å². The molecule has 0 aliphatic heterocycles. The predicted octanol–water partition coefficient (Wildman–Crippen LogP) is 5.32. The van der Waals surface area contributed by atoms with Gasteiger partial charge < -0.3 is 13.9 Å². The monoisotopic (exact) mass is 426 g/mol. The molecule has 0 fully saturated rings. The standard InChI is InChI=1S/C23H26N2O4S/c1-5-27-18-10-6-16(7-11-18)20(26)15-30-22-25-24-21(29-22)14-28-19-12-8-17(9-13-19)23(2,3)4/h6-13H,5,14-15H2,1-4H3. The van der Waals surface area contributed by atoms with Crippen LogP contribution in [0.15, 0.2) is 58.2 Å². The van der Waals surface area contributed by atoms with Gasteiger partial charge in [-0.3, -0.25) is 4.79 Å². The van der Waals surface area contributed by atoms with E-state index in [0.29, 0.717) is 23.3 Å². The number of benzene rings is 2. The van der Waals surface area contributed by atoms with Crippen LogP contribution in [0, 0.1) is 0 Å². The van der Waals surface area contributed by atoms with Crippen LogP contribution >= 0.6 is 11.8 Å². The van der Waals surface area contributed by atoms with Crippen LogP contribution in [0.1, 0.15) is 49.5 Å². The van der Waals surface area contributed by atoms with E-state index < -0.39 is 0 Å². The molecular formula is C23H26N2O4S. The summed E-state index contributed by atoms with van der Waals surface area (Å²) in [5.41, 5.74) is 1.95. The lowest BCUT2D eigenvalue weighted by Gasteiger charge is -2.19. The summed E-state index contributed by atoms with van der Waals surface area (Å²) in [7, 11) is 0. The van der Waals surface area contributed by atoms with Crippen molar-refractivity contribution in [2.75, 3.05) is 12.4 Å². The van der Waals surface area contributed by atoms with Gasteiger partial charge in [0.25, 0.3) is 11.1 Å². The molecule has 0 atom stereocenters. The Bertz CT molecular complexity index is 960. The Morgan fingerprint density at radius 2 is 1.60 bits per heavy atom. The minimum absolute atomic E-state index is 0.0158. The van der Waals surface area contributed by atoms with Crippen LogP contribution in [0.3, 0.4) is 0 Å². The van der Waals surface area contributed by atoms with Gasteiger partial charge in [-0.25, -0.2) is 0 Å². The maximum atomic E-state index is 12.3. The molecule has 0 unspecified atom stereocenters. The maximum absolute atomic E-state index is 12.3. The normalized spacial score (nSPS) is 11.3. The van der Waals surface area contributed by atoms with Crippen LogP contribution in [0.2, 0.25) is 0 Å². The molecule has 6 nitrogen and oxygen atoms in total. The largest absolute Gasteiger partial charge is 0.494 e.